The molecule has 1 rings (SSSR count). The summed E-state index contributed by atoms with van der Waals surface area (Å²) in [6, 6.07) is 1.00. The maximum absolute atomic E-state index is 11.4. The van der Waals surface area contributed by atoms with Gasteiger partial charge in [0, 0.05) is 19.2 Å². The normalized spacial score (nSPS) is 11.0. The average molecular weight is 313 g/mol. The van der Waals surface area contributed by atoms with Gasteiger partial charge < -0.3 is 19.7 Å². The molecule has 0 aliphatic heterocycles. The molecule has 0 aromatic carbocycles. The molecule has 1 amide bonds. The van der Waals surface area contributed by atoms with Crippen LogP contribution in [0.3, 0.4) is 0 Å². The molecule has 122 valence electrons. The van der Waals surface area contributed by atoms with Crippen molar-refractivity contribution in [1.82, 2.24) is 9.88 Å². The first-order valence-electron chi connectivity index (χ1n) is 6.65. The third kappa shape index (κ3) is 5.43. The van der Waals surface area contributed by atoms with Gasteiger partial charge in [-0.1, -0.05) is 0 Å². The quantitative estimate of drug-likeness (QED) is 0.470. The number of hydrogen-bond acceptors (Lipinski definition) is 5. The molecule has 1 aromatic rings. The fraction of sp³-hybridized carbons (Fsp3) is 0.538. The number of ether oxygens (including phenoxy) is 1. The van der Waals surface area contributed by atoms with Gasteiger partial charge in [0.15, 0.2) is 0 Å². The summed E-state index contributed by atoms with van der Waals surface area (Å²) in [5, 5.41) is 22.2. The zero-order valence-electron chi connectivity index (χ0n) is 12.7. The van der Waals surface area contributed by atoms with Crippen molar-refractivity contribution in [2.75, 3.05) is 6.54 Å². The van der Waals surface area contributed by atoms with Crippen molar-refractivity contribution in [3.05, 3.63) is 28.1 Å². The molecule has 0 unspecified atom stereocenters. The molecule has 9 nitrogen and oxygen atoms in total. The molecular weight excluding hydrogens is 294 g/mol. The molecular formula is C13H19N3O6. The van der Waals surface area contributed by atoms with Crippen molar-refractivity contribution < 1.29 is 24.4 Å². The standard InChI is InChI=1S/C13H19N3O6/c1-13(2,3)22-12(19)14-5-4-6-15-8-9(16(20)21)7-10(15)11(17)18/h7-8H,4-6H2,1-3H3,(H,14,19)(H,17,18). The summed E-state index contributed by atoms with van der Waals surface area (Å²) >= 11 is 0. The van der Waals surface area contributed by atoms with Gasteiger partial charge in [-0.25, -0.2) is 9.59 Å². The number of carbonyl (C=O) groups excluding carboxylic acids is 1. The third-order valence-electron chi connectivity index (χ3n) is 2.56. The molecule has 0 atom stereocenters. The van der Waals surface area contributed by atoms with Crippen molar-refractivity contribution in [1.29, 1.82) is 0 Å². The molecule has 0 aliphatic rings. The Morgan fingerprint density at radius 2 is 2.09 bits per heavy atom. The molecule has 0 saturated heterocycles. The van der Waals surface area contributed by atoms with E-state index in [-0.39, 0.29) is 24.5 Å². The fourth-order valence-electron chi connectivity index (χ4n) is 1.71. The molecule has 2 N–H and O–H groups in total. The van der Waals surface area contributed by atoms with E-state index in [4.69, 9.17) is 9.84 Å². The van der Waals surface area contributed by atoms with E-state index in [9.17, 15) is 19.7 Å². The number of carboxylic acid groups (broad SMARTS) is 1. The highest BCUT2D eigenvalue weighted by molar-refractivity contribution is 5.86. The number of amides is 1. The number of nitrogens with zero attached hydrogens (tertiary/aromatic N) is 2. The van der Waals surface area contributed by atoms with Crippen molar-refractivity contribution in [2.24, 2.45) is 0 Å². The van der Waals surface area contributed by atoms with Crippen LogP contribution in [0.1, 0.15) is 37.7 Å². The Morgan fingerprint density at radius 1 is 1.45 bits per heavy atom. The number of nitrogens with one attached hydrogen (secondary N) is 1. The topological polar surface area (TPSA) is 124 Å². The monoisotopic (exact) mass is 313 g/mol. The second-order valence-electron chi connectivity index (χ2n) is 5.62. The summed E-state index contributed by atoms with van der Waals surface area (Å²) in [7, 11) is 0. The van der Waals surface area contributed by atoms with E-state index in [1.165, 1.54) is 4.57 Å². The zero-order chi connectivity index (χ0) is 16.9. The minimum atomic E-state index is -1.24. The Bertz CT molecular complexity index is 573. The maximum Gasteiger partial charge on any atom is 0.407 e. The predicted molar refractivity (Wildman–Crippen MR) is 76.9 cm³/mol. The van der Waals surface area contributed by atoms with E-state index in [0.717, 1.165) is 12.3 Å². The molecule has 0 spiro atoms. The van der Waals surface area contributed by atoms with Gasteiger partial charge in [0.05, 0.1) is 11.1 Å². The van der Waals surface area contributed by atoms with E-state index in [0.29, 0.717) is 6.42 Å². The van der Waals surface area contributed by atoms with Crippen LogP contribution in [0.4, 0.5) is 10.5 Å². The van der Waals surface area contributed by atoms with E-state index >= 15 is 0 Å². The minimum absolute atomic E-state index is 0.163. The largest absolute Gasteiger partial charge is 0.477 e. The van der Waals surface area contributed by atoms with E-state index in [1.54, 1.807) is 20.8 Å². The molecule has 1 heterocycles. The molecule has 0 saturated carbocycles. The van der Waals surface area contributed by atoms with Gasteiger partial charge in [-0.15, -0.1) is 0 Å². The SMILES string of the molecule is CC(C)(C)OC(=O)NCCCn1cc([N+](=O)[O-])cc1C(=O)O. The van der Waals surface area contributed by atoms with Gasteiger partial charge in [0.25, 0.3) is 5.69 Å². The Hall–Kier alpha value is -2.58. The zero-order valence-corrected chi connectivity index (χ0v) is 12.7. The Labute approximate surface area is 127 Å². The summed E-state index contributed by atoms with van der Waals surface area (Å²) in [5.74, 6) is -1.24. The maximum atomic E-state index is 11.4. The number of aromatic nitrogens is 1. The van der Waals surface area contributed by atoms with Crippen LogP contribution in [-0.4, -0.2) is 38.8 Å². The lowest BCUT2D eigenvalue weighted by molar-refractivity contribution is -0.384. The number of nitro groups is 1. The number of aromatic carboxylic acids is 1. The number of rotatable bonds is 6. The van der Waals surface area contributed by atoms with Gasteiger partial charge in [-0.3, -0.25) is 10.1 Å². The summed E-state index contributed by atoms with van der Waals surface area (Å²) < 4.78 is 6.32. The first-order valence-corrected chi connectivity index (χ1v) is 6.65. The fourth-order valence-corrected chi connectivity index (χ4v) is 1.71. The molecule has 22 heavy (non-hydrogen) atoms. The summed E-state index contributed by atoms with van der Waals surface area (Å²) in [6.45, 7) is 5.71. The van der Waals surface area contributed by atoms with Gasteiger partial charge in [-0.2, -0.15) is 0 Å². The highest BCUT2D eigenvalue weighted by Crippen LogP contribution is 2.17. The molecule has 0 aliphatic carbocycles. The van der Waals surface area contributed by atoms with Gasteiger partial charge in [0.2, 0.25) is 0 Å². The summed E-state index contributed by atoms with van der Waals surface area (Å²) in [4.78, 5) is 32.5. The lowest BCUT2D eigenvalue weighted by Crippen LogP contribution is -2.33. The lowest BCUT2D eigenvalue weighted by atomic mass is 10.2. The number of aryl methyl sites for hydroxylation is 1. The highest BCUT2D eigenvalue weighted by atomic mass is 16.6. The predicted octanol–water partition coefficient (Wildman–Crippen LogP) is 2.01. The first-order chi connectivity index (χ1) is 10.1. The third-order valence-corrected chi connectivity index (χ3v) is 2.56. The molecule has 0 bridgehead atoms. The molecule has 1 aromatic heterocycles. The number of hydrogen-bond donors (Lipinski definition) is 2. The average Bonchev–Trinajstić information content (AvgIpc) is 2.77. The number of alkyl carbamates (subject to hydrolysis) is 1. The molecule has 0 radical (unpaired) electrons. The van der Waals surface area contributed by atoms with Crippen molar-refractivity contribution in [2.45, 2.75) is 39.3 Å². The second-order valence-corrected chi connectivity index (χ2v) is 5.62. The Kier molecular flexibility index (Phi) is 5.50. The highest BCUT2D eigenvalue weighted by Gasteiger charge is 2.19. The van der Waals surface area contributed by atoms with Crippen LogP contribution in [0.2, 0.25) is 0 Å². The minimum Gasteiger partial charge on any atom is -0.477 e. The summed E-state index contributed by atoms with van der Waals surface area (Å²) in [5.41, 5.74) is -1.04. The first kappa shape index (κ1) is 17.5. The van der Waals surface area contributed by atoms with Gasteiger partial charge in [-0.05, 0) is 27.2 Å². The van der Waals surface area contributed by atoms with Gasteiger partial charge >= 0.3 is 12.1 Å². The van der Waals surface area contributed by atoms with E-state index in [2.05, 4.69) is 5.32 Å². The lowest BCUT2D eigenvalue weighted by Gasteiger charge is -2.19. The smallest absolute Gasteiger partial charge is 0.407 e. The van der Waals surface area contributed by atoms with Crippen molar-refractivity contribution in [3.8, 4) is 0 Å². The van der Waals surface area contributed by atoms with Crippen LogP contribution < -0.4 is 5.32 Å². The number of carbonyl (C=O) groups is 2. The number of carboxylic acids is 1. The van der Waals surface area contributed by atoms with Crippen LogP contribution >= 0.6 is 0 Å². The van der Waals surface area contributed by atoms with Crippen molar-refractivity contribution in [3.63, 3.8) is 0 Å². The summed E-state index contributed by atoms with van der Waals surface area (Å²) in [6.07, 6.45) is 1.01. The molecule has 9 heteroatoms. The van der Waals surface area contributed by atoms with E-state index < -0.39 is 22.6 Å². The van der Waals surface area contributed by atoms with Crippen LogP contribution in [0, 0.1) is 10.1 Å². The second kappa shape index (κ2) is 6.92. The Balaban J connectivity index is 2.53. The van der Waals surface area contributed by atoms with Gasteiger partial charge in [0.1, 0.15) is 11.3 Å². The van der Waals surface area contributed by atoms with E-state index in [1.807, 2.05) is 0 Å². The molecule has 0 fully saturated rings. The van der Waals surface area contributed by atoms with Crippen LogP contribution in [0.5, 0.6) is 0 Å². The van der Waals surface area contributed by atoms with Crippen molar-refractivity contribution >= 4 is 17.7 Å². The van der Waals surface area contributed by atoms with Crippen LogP contribution in [-0.2, 0) is 11.3 Å². The van der Waals surface area contributed by atoms with Crippen LogP contribution in [0.15, 0.2) is 12.3 Å². The Morgan fingerprint density at radius 3 is 2.59 bits per heavy atom. The van der Waals surface area contributed by atoms with Crippen LogP contribution in [0.25, 0.3) is 0 Å².